The van der Waals surface area contributed by atoms with Gasteiger partial charge in [0.25, 0.3) is 0 Å². The number of para-hydroxylation sites is 1. The van der Waals surface area contributed by atoms with Gasteiger partial charge in [0.2, 0.25) is 0 Å². The highest BCUT2D eigenvalue weighted by molar-refractivity contribution is 5.37. The average Bonchev–Trinajstić information content (AvgIpc) is 2.53. The van der Waals surface area contributed by atoms with Crippen molar-refractivity contribution in [1.29, 1.82) is 0 Å². The predicted octanol–water partition coefficient (Wildman–Crippen LogP) is 2.84. The number of nitrogens with zero attached hydrogens (tertiary/aromatic N) is 2. The van der Waals surface area contributed by atoms with Gasteiger partial charge in [-0.1, -0.05) is 25.1 Å². The Bertz CT molecular complexity index is 585. The number of benzene rings is 1. The van der Waals surface area contributed by atoms with Crippen molar-refractivity contribution in [3.63, 3.8) is 0 Å². The zero-order valence-electron chi connectivity index (χ0n) is 11.7. The number of hydrogen-bond acceptors (Lipinski definition) is 4. The van der Waals surface area contributed by atoms with Crippen LogP contribution in [0.15, 0.2) is 36.7 Å². The van der Waals surface area contributed by atoms with Gasteiger partial charge in [0, 0.05) is 11.8 Å². The third-order valence-corrected chi connectivity index (χ3v) is 3.60. The second-order valence-electron chi connectivity index (χ2n) is 5.02. The summed E-state index contributed by atoms with van der Waals surface area (Å²) in [6.45, 7) is 2.86. The number of fused-ring (bicyclic) bond motifs is 1. The van der Waals surface area contributed by atoms with Gasteiger partial charge in [-0.3, -0.25) is 0 Å². The molecule has 0 amide bonds. The second-order valence-corrected chi connectivity index (χ2v) is 5.02. The van der Waals surface area contributed by atoms with Crippen LogP contribution in [0.5, 0.6) is 5.75 Å². The molecular weight excluding hydrogens is 250 g/mol. The topological polar surface area (TPSA) is 47.0 Å². The summed E-state index contributed by atoms with van der Waals surface area (Å²) < 4.78 is 6.00. The molecule has 0 fully saturated rings. The van der Waals surface area contributed by atoms with Crippen LogP contribution < -0.4 is 10.1 Å². The molecule has 0 saturated heterocycles. The van der Waals surface area contributed by atoms with Crippen LogP contribution in [0.4, 0.5) is 5.82 Å². The van der Waals surface area contributed by atoms with Crippen molar-refractivity contribution >= 4 is 5.82 Å². The molecule has 0 radical (unpaired) electrons. The van der Waals surface area contributed by atoms with E-state index in [0.717, 1.165) is 43.1 Å². The van der Waals surface area contributed by atoms with Gasteiger partial charge in [0.1, 0.15) is 24.0 Å². The van der Waals surface area contributed by atoms with Gasteiger partial charge in [0.05, 0.1) is 6.54 Å². The molecule has 1 atom stereocenters. The summed E-state index contributed by atoms with van der Waals surface area (Å²) in [6, 6.07) is 10.3. The molecule has 2 heterocycles. The van der Waals surface area contributed by atoms with Crippen LogP contribution in [0.3, 0.4) is 0 Å². The molecular formula is C16H19N3O. The fourth-order valence-corrected chi connectivity index (χ4v) is 2.43. The quantitative estimate of drug-likeness (QED) is 0.927. The Kier molecular flexibility index (Phi) is 3.81. The molecule has 1 N–H and O–H groups in total. The molecule has 1 aliphatic heterocycles. The van der Waals surface area contributed by atoms with E-state index in [1.807, 2.05) is 18.2 Å². The Morgan fingerprint density at radius 1 is 1.30 bits per heavy atom. The maximum atomic E-state index is 6.00. The van der Waals surface area contributed by atoms with Crippen LogP contribution in [0.25, 0.3) is 0 Å². The number of rotatable bonds is 4. The van der Waals surface area contributed by atoms with Gasteiger partial charge < -0.3 is 10.1 Å². The zero-order valence-corrected chi connectivity index (χ0v) is 11.7. The molecule has 0 spiro atoms. The van der Waals surface area contributed by atoms with E-state index in [-0.39, 0.29) is 6.10 Å². The van der Waals surface area contributed by atoms with Gasteiger partial charge in [-0.2, -0.15) is 0 Å². The lowest BCUT2D eigenvalue weighted by atomic mass is 10.0. The fraction of sp³-hybridized carbons (Fsp3) is 0.375. The molecule has 0 bridgehead atoms. The van der Waals surface area contributed by atoms with E-state index in [9.17, 15) is 0 Å². The lowest BCUT2D eigenvalue weighted by Crippen LogP contribution is -2.30. The predicted molar refractivity (Wildman–Crippen MR) is 79.1 cm³/mol. The zero-order chi connectivity index (χ0) is 13.8. The first-order valence-corrected chi connectivity index (χ1v) is 7.14. The van der Waals surface area contributed by atoms with Gasteiger partial charge in [-0.05, 0) is 30.9 Å². The maximum Gasteiger partial charge on any atom is 0.129 e. The first kappa shape index (κ1) is 12.9. The molecule has 104 valence electrons. The fourth-order valence-electron chi connectivity index (χ4n) is 2.43. The standard InChI is InChI=1S/C16H19N3O/c1-2-13-9-16(19-11-18-13)17-10-14-8-7-12-5-3-4-6-15(12)20-14/h3-6,9,11,14H,2,7-8,10H2,1H3,(H,17,18,19)/t14-/m1/s1. The van der Waals surface area contributed by atoms with E-state index in [2.05, 4.69) is 34.3 Å². The largest absolute Gasteiger partial charge is 0.488 e. The van der Waals surface area contributed by atoms with E-state index in [1.54, 1.807) is 6.33 Å². The van der Waals surface area contributed by atoms with Gasteiger partial charge in [-0.15, -0.1) is 0 Å². The summed E-state index contributed by atoms with van der Waals surface area (Å²) in [7, 11) is 0. The molecule has 1 aliphatic rings. The van der Waals surface area contributed by atoms with E-state index >= 15 is 0 Å². The van der Waals surface area contributed by atoms with Gasteiger partial charge in [0.15, 0.2) is 0 Å². The Morgan fingerprint density at radius 3 is 3.10 bits per heavy atom. The number of anilines is 1. The Hall–Kier alpha value is -2.10. The van der Waals surface area contributed by atoms with Crippen molar-refractivity contribution < 1.29 is 4.74 Å². The number of nitrogens with one attached hydrogen (secondary N) is 1. The van der Waals surface area contributed by atoms with E-state index < -0.39 is 0 Å². The third kappa shape index (κ3) is 2.90. The normalized spacial score (nSPS) is 17.1. The summed E-state index contributed by atoms with van der Waals surface area (Å²) in [6.07, 6.45) is 4.84. The number of aryl methyl sites for hydroxylation is 2. The number of hydrogen-bond donors (Lipinski definition) is 1. The molecule has 0 aliphatic carbocycles. The van der Waals surface area contributed by atoms with Crippen LogP contribution in [0.2, 0.25) is 0 Å². The van der Waals surface area contributed by atoms with Gasteiger partial charge in [-0.25, -0.2) is 9.97 Å². The minimum absolute atomic E-state index is 0.199. The summed E-state index contributed by atoms with van der Waals surface area (Å²) in [5.74, 6) is 1.89. The van der Waals surface area contributed by atoms with Gasteiger partial charge >= 0.3 is 0 Å². The van der Waals surface area contributed by atoms with E-state index in [1.165, 1.54) is 5.56 Å². The van der Waals surface area contributed by atoms with Crippen LogP contribution in [0.1, 0.15) is 24.6 Å². The monoisotopic (exact) mass is 269 g/mol. The first-order chi connectivity index (χ1) is 9.85. The first-order valence-electron chi connectivity index (χ1n) is 7.14. The van der Waals surface area contributed by atoms with Crippen LogP contribution in [-0.2, 0) is 12.8 Å². The highest BCUT2D eigenvalue weighted by atomic mass is 16.5. The lowest BCUT2D eigenvalue weighted by molar-refractivity contribution is 0.185. The SMILES string of the molecule is CCc1cc(NC[C@H]2CCc3ccccc3O2)ncn1. The molecule has 0 unspecified atom stereocenters. The van der Waals surface area contributed by atoms with Crippen molar-refractivity contribution in [3.8, 4) is 5.75 Å². The van der Waals surface area contributed by atoms with E-state index in [4.69, 9.17) is 4.74 Å². The summed E-state index contributed by atoms with van der Waals surface area (Å²) in [5.41, 5.74) is 2.36. The van der Waals surface area contributed by atoms with Crippen LogP contribution in [-0.4, -0.2) is 22.6 Å². The molecule has 2 aromatic rings. The lowest BCUT2D eigenvalue weighted by Gasteiger charge is -2.26. The molecule has 1 aromatic heterocycles. The van der Waals surface area contributed by atoms with Crippen molar-refractivity contribution in [2.24, 2.45) is 0 Å². The maximum absolute atomic E-state index is 6.00. The Labute approximate surface area is 119 Å². The van der Waals surface area contributed by atoms with Crippen molar-refractivity contribution in [2.75, 3.05) is 11.9 Å². The molecule has 1 aromatic carbocycles. The van der Waals surface area contributed by atoms with Crippen LogP contribution >= 0.6 is 0 Å². The minimum atomic E-state index is 0.199. The summed E-state index contributed by atoms with van der Waals surface area (Å²) >= 11 is 0. The number of ether oxygens (including phenoxy) is 1. The smallest absolute Gasteiger partial charge is 0.129 e. The average molecular weight is 269 g/mol. The Balaban J connectivity index is 1.60. The molecule has 20 heavy (non-hydrogen) atoms. The van der Waals surface area contributed by atoms with Crippen LogP contribution in [0, 0.1) is 0 Å². The van der Waals surface area contributed by atoms with Crippen molar-refractivity contribution in [3.05, 3.63) is 47.9 Å². The molecule has 0 saturated carbocycles. The molecule has 3 rings (SSSR count). The highest BCUT2D eigenvalue weighted by Gasteiger charge is 2.18. The summed E-state index contributed by atoms with van der Waals surface area (Å²) in [5, 5.41) is 3.34. The van der Waals surface area contributed by atoms with E-state index in [0.29, 0.717) is 0 Å². The number of aromatic nitrogens is 2. The second kappa shape index (κ2) is 5.90. The molecule has 4 heteroatoms. The van der Waals surface area contributed by atoms with Crippen molar-refractivity contribution in [1.82, 2.24) is 9.97 Å². The Morgan fingerprint density at radius 2 is 2.20 bits per heavy atom. The minimum Gasteiger partial charge on any atom is -0.488 e. The molecule has 4 nitrogen and oxygen atoms in total. The third-order valence-electron chi connectivity index (χ3n) is 3.60. The van der Waals surface area contributed by atoms with Crippen molar-refractivity contribution in [2.45, 2.75) is 32.3 Å². The highest BCUT2D eigenvalue weighted by Crippen LogP contribution is 2.27. The summed E-state index contributed by atoms with van der Waals surface area (Å²) in [4.78, 5) is 8.44.